The number of nitrogens with zero attached hydrogens (tertiary/aromatic N) is 2. The van der Waals surface area contributed by atoms with Crippen LogP contribution in [0.2, 0.25) is 0 Å². The molecule has 1 saturated heterocycles. The van der Waals surface area contributed by atoms with Gasteiger partial charge in [-0.05, 0) is 70.3 Å². The van der Waals surface area contributed by atoms with Crippen LogP contribution in [0.15, 0.2) is 30.3 Å². The number of rotatable bonds is 14. The van der Waals surface area contributed by atoms with Crippen molar-refractivity contribution in [2.24, 2.45) is 11.3 Å². The zero-order valence-corrected chi connectivity index (χ0v) is 32.9. The lowest BCUT2D eigenvalue weighted by molar-refractivity contribution is -0.148. The number of carbonyl (C=O) groups is 7. The standard InChI is InChI=1S/C39H60N6O8/c1-10-17-27(31(47)32(48)40-22-28(46)42-29(33(49)44(8)9)25-18-13-11-14-19-25)41-35(51)39(7)23-38(5,6)24-45(39)34(50)30(26-20-15-12-16-21-26)43-36(52)53-37(2,3)4/h11,13-14,18-19,26-27,29-30H,10,12,15-17,20-24H2,1-9H3,(H,40,48)(H,41,51)(H,42,46)(H,43,52)/t27?,29-,30+,39?/m0/s1. The van der Waals surface area contributed by atoms with E-state index in [1.165, 1.54) is 9.80 Å². The fourth-order valence-corrected chi connectivity index (χ4v) is 7.34. The van der Waals surface area contributed by atoms with Gasteiger partial charge < -0.3 is 35.8 Å². The Labute approximate surface area is 313 Å². The summed E-state index contributed by atoms with van der Waals surface area (Å²) in [7, 11) is 3.12. The highest BCUT2D eigenvalue weighted by Crippen LogP contribution is 2.43. The second-order valence-corrected chi connectivity index (χ2v) is 16.6. The molecule has 0 aromatic heterocycles. The molecule has 53 heavy (non-hydrogen) atoms. The van der Waals surface area contributed by atoms with Crippen LogP contribution in [0, 0.1) is 11.3 Å². The minimum Gasteiger partial charge on any atom is -0.444 e. The zero-order valence-electron chi connectivity index (χ0n) is 32.9. The van der Waals surface area contributed by atoms with E-state index in [9.17, 15) is 33.6 Å². The van der Waals surface area contributed by atoms with Gasteiger partial charge in [-0.2, -0.15) is 0 Å². The Balaban J connectivity index is 1.76. The van der Waals surface area contributed by atoms with E-state index in [1.807, 2.05) is 13.8 Å². The molecule has 1 aliphatic heterocycles. The second-order valence-electron chi connectivity index (χ2n) is 16.6. The van der Waals surface area contributed by atoms with Gasteiger partial charge in [-0.25, -0.2) is 4.79 Å². The van der Waals surface area contributed by atoms with Gasteiger partial charge in [-0.1, -0.05) is 76.8 Å². The normalized spacial score (nSPS) is 20.3. The van der Waals surface area contributed by atoms with Crippen molar-refractivity contribution in [3.8, 4) is 0 Å². The molecule has 6 amide bonds. The number of amides is 6. The molecule has 1 saturated carbocycles. The van der Waals surface area contributed by atoms with Crippen LogP contribution in [0.3, 0.4) is 0 Å². The number of Topliss-reactive ketones (excluding diaryl/α,β-unsaturated/α-hetero) is 1. The van der Waals surface area contributed by atoms with Crippen LogP contribution in [0.5, 0.6) is 0 Å². The number of nitrogens with one attached hydrogen (secondary N) is 4. The molecule has 3 rings (SSSR count). The van der Waals surface area contributed by atoms with E-state index in [-0.39, 0.29) is 31.2 Å². The van der Waals surface area contributed by atoms with Crippen molar-refractivity contribution in [3.63, 3.8) is 0 Å². The number of hydrogen-bond donors (Lipinski definition) is 4. The van der Waals surface area contributed by atoms with Crippen LogP contribution in [0.1, 0.15) is 111 Å². The number of ketones is 1. The average molecular weight is 741 g/mol. The topological polar surface area (TPSA) is 183 Å². The third-order valence-electron chi connectivity index (χ3n) is 9.78. The summed E-state index contributed by atoms with van der Waals surface area (Å²) in [5.74, 6) is -4.21. The van der Waals surface area contributed by atoms with Gasteiger partial charge in [0.1, 0.15) is 23.2 Å². The monoisotopic (exact) mass is 740 g/mol. The van der Waals surface area contributed by atoms with E-state index < -0.39 is 76.7 Å². The quantitative estimate of drug-likeness (QED) is 0.209. The average Bonchev–Trinajstić information content (AvgIpc) is 3.36. The van der Waals surface area contributed by atoms with Crippen molar-refractivity contribution in [3.05, 3.63) is 35.9 Å². The lowest BCUT2D eigenvalue weighted by atomic mass is 9.82. The van der Waals surface area contributed by atoms with Crippen molar-refractivity contribution in [1.82, 2.24) is 31.1 Å². The molecule has 2 fully saturated rings. The molecule has 0 spiro atoms. The summed E-state index contributed by atoms with van der Waals surface area (Å²) in [5.41, 5.74) is -2.11. The molecule has 0 bridgehead atoms. The van der Waals surface area contributed by atoms with Crippen molar-refractivity contribution in [2.45, 2.75) is 129 Å². The Morgan fingerprint density at radius 2 is 1.55 bits per heavy atom. The lowest BCUT2D eigenvalue weighted by Crippen LogP contribution is -2.63. The Bertz CT molecular complexity index is 1500. The lowest BCUT2D eigenvalue weighted by Gasteiger charge is -2.39. The highest BCUT2D eigenvalue weighted by molar-refractivity contribution is 6.38. The van der Waals surface area contributed by atoms with E-state index in [0.717, 1.165) is 32.1 Å². The molecule has 1 heterocycles. The van der Waals surface area contributed by atoms with E-state index in [4.69, 9.17) is 4.74 Å². The van der Waals surface area contributed by atoms with Crippen molar-refractivity contribution in [1.29, 1.82) is 0 Å². The van der Waals surface area contributed by atoms with E-state index in [0.29, 0.717) is 12.0 Å². The maximum absolute atomic E-state index is 14.5. The summed E-state index contributed by atoms with van der Waals surface area (Å²) >= 11 is 0. The fourth-order valence-electron chi connectivity index (χ4n) is 7.34. The van der Waals surface area contributed by atoms with Crippen LogP contribution in [0.25, 0.3) is 0 Å². The Morgan fingerprint density at radius 3 is 2.11 bits per heavy atom. The first-order valence-electron chi connectivity index (χ1n) is 18.7. The highest BCUT2D eigenvalue weighted by Gasteiger charge is 2.55. The number of carbonyl (C=O) groups excluding carboxylic acids is 7. The van der Waals surface area contributed by atoms with Crippen LogP contribution >= 0.6 is 0 Å². The Morgan fingerprint density at radius 1 is 0.925 bits per heavy atom. The van der Waals surface area contributed by atoms with Crippen LogP contribution in [0.4, 0.5) is 4.79 Å². The summed E-state index contributed by atoms with van der Waals surface area (Å²) < 4.78 is 5.52. The SMILES string of the molecule is CCCC(NC(=O)C1(C)CC(C)(C)CN1C(=O)[C@H](NC(=O)OC(C)(C)C)C1CCCCC1)C(=O)C(=O)NCC(=O)N[C@H](C(=O)N(C)C)c1ccccc1. The number of ether oxygens (including phenoxy) is 1. The highest BCUT2D eigenvalue weighted by atomic mass is 16.6. The number of hydrogen-bond acceptors (Lipinski definition) is 8. The fraction of sp³-hybridized carbons (Fsp3) is 0.667. The molecule has 2 unspecified atom stereocenters. The Hall–Kier alpha value is -4.49. The molecule has 2 aliphatic rings. The molecular formula is C39H60N6O8. The number of benzene rings is 1. The first-order chi connectivity index (χ1) is 24.7. The summed E-state index contributed by atoms with van der Waals surface area (Å²) in [6.45, 7) is 12.2. The van der Waals surface area contributed by atoms with Gasteiger partial charge in [0, 0.05) is 20.6 Å². The van der Waals surface area contributed by atoms with Gasteiger partial charge in [0.05, 0.1) is 12.6 Å². The zero-order chi connectivity index (χ0) is 39.7. The van der Waals surface area contributed by atoms with E-state index >= 15 is 0 Å². The van der Waals surface area contributed by atoms with Crippen molar-refractivity contribution >= 4 is 41.4 Å². The molecule has 1 aromatic rings. The molecule has 1 aliphatic carbocycles. The summed E-state index contributed by atoms with van der Waals surface area (Å²) in [4.78, 5) is 96.8. The third-order valence-corrected chi connectivity index (χ3v) is 9.78. The number of likely N-dealkylation sites (tertiary alicyclic amines) is 1. The van der Waals surface area contributed by atoms with Gasteiger partial charge in [0.2, 0.25) is 29.4 Å². The van der Waals surface area contributed by atoms with Crippen LogP contribution in [-0.2, 0) is 33.5 Å². The maximum Gasteiger partial charge on any atom is 0.408 e. The summed E-state index contributed by atoms with van der Waals surface area (Å²) in [6.07, 6.45) is 4.50. The predicted octanol–water partition coefficient (Wildman–Crippen LogP) is 3.39. The predicted molar refractivity (Wildman–Crippen MR) is 199 cm³/mol. The minimum absolute atomic E-state index is 0.135. The van der Waals surface area contributed by atoms with Gasteiger partial charge in [-0.15, -0.1) is 0 Å². The van der Waals surface area contributed by atoms with Gasteiger partial charge in [-0.3, -0.25) is 28.8 Å². The number of alkyl carbamates (subject to hydrolysis) is 1. The van der Waals surface area contributed by atoms with E-state index in [1.54, 1.807) is 79.0 Å². The molecule has 4 atom stereocenters. The second kappa shape index (κ2) is 18.0. The maximum atomic E-state index is 14.5. The first-order valence-corrected chi connectivity index (χ1v) is 18.7. The third kappa shape index (κ3) is 11.8. The molecule has 4 N–H and O–H groups in total. The van der Waals surface area contributed by atoms with Gasteiger partial charge in [0.15, 0.2) is 0 Å². The molecule has 1 aromatic carbocycles. The summed E-state index contributed by atoms with van der Waals surface area (Å²) in [6, 6.07) is 5.50. The largest absolute Gasteiger partial charge is 0.444 e. The smallest absolute Gasteiger partial charge is 0.408 e. The summed E-state index contributed by atoms with van der Waals surface area (Å²) in [5, 5.41) is 10.5. The number of likely N-dealkylation sites (N-methyl/N-ethyl adjacent to an activating group) is 1. The molecule has 14 heteroatoms. The Kier molecular flexibility index (Phi) is 14.6. The molecule has 0 radical (unpaired) electrons. The van der Waals surface area contributed by atoms with Gasteiger partial charge in [0.25, 0.3) is 5.91 Å². The van der Waals surface area contributed by atoms with Gasteiger partial charge >= 0.3 is 6.09 Å². The van der Waals surface area contributed by atoms with Crippen LogP contribution in [-0.4, -0.2) is 102 Å². The van der Waals surface area contributed by atoms with Crippen molar-refractivity contribution < 1.29 is 38.3 Å². The molecular weight excluding hydrogens is 680 g/mol. The molecule has 14 nitrogen and oxygen atoms in total. The van der Waals surface area contributed by atoms with E-state index in [2.05, 4.69) is 21.3 Å². The molecule has 294 valence electrons. The van der Waals surface area contributed by atoms with Crippen LogP contribution < -0.4 is 21.3 Å². The minimum atomic E-state index is -1.41. The van der Waals surface area contributed by atoms with Crippen molar-refractivity contribution in [2.75, 3.05) is 27.2 Å². The first kappa shape index (κ1) is 42.9.